The number of ether oxygens (including phenoxy) is 2. The van der Waals surface area contributed by atoms with Gasteiger partial charge in [0.2, 0.25) is 6.54 Å². The van der Waals surface area contributed by atoms with Crippen molar-refractivity contribution in [2.45, 2.75) is 31.5 Å². The van der Waals surface area contributed by atoms with Crippen LogP contribution in [0.2, 0.25) is 0 Å². The highest BCUT2D eigenvalue weighted by molar-refractivity contribution is 4.92. The van der Waals surface area contributed by atoms with Crippen molar-refractivity contribution < 1.29 is 18.8 Å². The van der Waals surface area contributed by atoms with E-state index >= 15 is 0 Å². The standard InChI is InChI=1S/C10H16FNO4/c11-7-9(8-12(13)14)2-1-3-10(6-9)15-4-5-16-10/h1-8H2/t9-/m0/s1. The molecule has 1 aliphatic carbocycles. The molecule has 0 aromatic heterocycles. The normalized spacial score (nSPS) is 33.1. The highest BCUT2D eigenvalue weighted by Gasteiger charge is 2.51. The maximum atomic E-state index is 13.1. The number of halogens is 1. The van der Waals surface area contributed by atoms with Crippen LogP contribution in [0, 0.1) is 15.5 Å². The fraction of sp³-hybridized carbons (Fsp3) is 1.00. The first-order valence-electron chi connectivity index (χ1n) is 5.56. The van der Waals surface area contributed by atoms with E-state index in [-0.39, 0.29) is 6.54 Å². The van der Waals surface area contributed by atoms with Crippen molar-refractivity contribution in [3.63, 3.8) is 0 Å². The summed E-state index contributed by atoms with van der Waals surface area (Å²) in [4.78, 5) is 10.2. The van der Waals surface area contributed by atoms with E-state index in [9.17, 15) is 14.5 Å². The Balaban J connectivity index is 2.10. The lowest BCUT2D eigenvalue weighted by atomic mass is 9.72. The quantitative estimate of drug-likeness (QED) is 0.548. The van der Waals surface area contributed by atoms with Crippen molar-refractivity contribution in [3.8, 4) is 0 Å². The molecule has 1 heterocycles. The fourth-order valence-electron chi connectivity index (χ4n) is 2.79. The molecule has 0 amide bonds. The highest BCUT2D eigenvalue weighted by Crippen LogP contribution is 2.46. The van der Waals surface area contributed by atoms with Crippen LogP contribution in [0.4, 0.5) is 4.39 Å². The summed E-state index contributed by atoms with van der Waals surface area (Å²) in [6.07, 6.45) is 2.28. The smallest absolute Gasteiger partial charge is 0.212 e. The van der Waals surface area contributed by atoms with Gasteiger partial charge in [-0.05, 0) is 12.8 Å². The maximum Gasteiger partial charge on any atom is 0.212 e. The first-order valence-corrected chi connectivity index (χ1v) is 5.56. The van der Waals surface area contributed by atoms with Crippen LogP contribution in [0.3, 0.4) is 0 Å². The number of hydrogen-bond acceptors (Lipinski definition) is 4. The molecule has 0 N–H and O–H groups in total. The monoisotopic (exact) mass is 233 g/mol. The van der Waals surface area contributed by atoms with E-state index in [1.54, 1.807) is 0 Å². The van der Waals surface area contributed by atoms with Gasteiger partial charge in [-0.15, -0.1) is 0 Å². The third kappa shape index (κ3) is 2.17. The van der Waals surface area contributed by atoms with E-state index in [0.717, 1.165) is 6.42 Å². The summed E-state index contributed by atoms with van der Waals surface area (Å²) in [6.45, 7) is -0.0118. The van der Waals surface area contributed by atoms with E-state index in [1.165, 1.54) is 0 Å². The molecule has 0 unspecified atom stereocenters. The molecule has 0 aromatic rings. The molecule has 1 aliphatic heterocycles. The van der Waals surface area contributed by atoms with Crippen molar-refractivity contribution >= 4 is 0 Å². The summed E-state index contributed by atoms with van der Waals surface area (Å²) in [6, 6.07) is 0. The van der Waals surface area contributed by atoms with Gasteiger partial charge in [0.1, 0.15) is 6.67 Å². The molecule has 2 rings (SSSR count). The lowest BCUT2D eigenvalue weighted by Crippen LogP contribution is -2.46. The van der Waals surface area contributed by atoms with E-state index < -0.39 is 22.8 Å². The summed E-state index contributed by atoms with van der Waals surface area (Å²) < 4.78 is 24.1. The Kier molecular flexibility index (Phi) is 3.12. The maximum absolute atomic E-state index is 13.1. The fourth-order valence-corrected chi connectivity index (χ4v) is 2.79. The highest BCUT2D eigenvalue weighted by atomic mass is 19.1. The molecule has 1 atom stereocenters. The Labute approximate surface area is 93.1 Å². The van der Waals surface area contributed by atoms with E-state index in [1.807, 2.05) is 0 Å². The molecule has 0 radical (unpaired) electrons. The van der Waals surface area contributed by atoms with Gasteiger partial charge in [0.05, 0.1) is 18.6 Å². The van der Waals surface area contributed by atoms with Crippen LogP contribution >= 0.6 is 0 Å². The molecule has 0 bridgehead atoms. The molecule has 16 heavy (non-hydrogen) atoms. The zero-order valence-electron chi connectivity index (χ0n) is 9.12. The summed E-state index contributed by atoms with van der Waals surface area (Å²) in [7, 11) is 0. The molecular formula is C10H16FNO4. The summed E-state index contributed by atoms with van der Waals surface area (Å²) >= 11 is 0. The minimum Gasteiger partial charge on any atom is -0.348 e. The second-order valence-corrected chi connectivity index (χ2v) is 4.76. The van der Waals surface area contributed by atoms with Gasteiger partial charge < -0.3 is 9.47 Å². The average Bonchev–Trinajstić information content (AvgIpc) is 2.65. The molecule has 1 saturated heterocycles. The molecule has 2 fully saturated rings. The van der Waals surface area contributed by atoms with E-state index in [4.69, 9.17) is 9.47 Å². The Morgan fingerprint density at radius 3 is 2.56 bits per heavy atom. The van der Waals surface area contributed by atoms with Gasteiger partial charge in [0.15, 0.2) is 5.79 Å². The van der Waals surface area contributed by atoms with Gasteiger partial charge >= 0.3 is 0 Å². The van der Waals surface area contributed by atoms with Crippen LogP contribution < -0.4 is 0 Å². The zero-order chi connectivity index (χ0) is 11.6. The van der Waals surface area contributed by atoms with Gasteiger partial charge in [-0.25, -0.2) is 0 Å². The van der Waals surface area contributed by atoms with Crippen LogP contribution in [-0.2, 0) is 9.47 Å². The number of nitrogens with zero attached hydrogens (tertiary/aromatic N) is 1. The topological polar surface area (TPSA) is 61.6 Å². The molecular weight excluding hydrogens is 217 g/mol. The Bertz CT molecular complexity index is 280. The predicted molar refractivity (Wildman–Crippen MR) is 53.4 cm³/mol. The summed E-state index contributed by atoms with van der Waals surface area (Å²) in [5.74, 6) is -0.750. The molecule has 5 nitrogen and oxygen atoms in total. The van der Waals surface area contributed by atoms with Gasteiger partial charge in [-0.2, -0.15) is 0 Å². The van der Waals surface area contributed by atoms with Crippen molar-refractivity contribution in [3.05, 3.63) is 10.1 Å². The van der Waals surface area contributed by atoms with Crippen LogP contribution in [-0.4, -0.2) is 37.1 Å². The number of nitro groups is 1. The van der Waals surface area contributed by atoms with Crippen LogP contribution in [0.5, 0.6) is 0 Å². The van der Waals surface area contributed by atoms with Crippen molar-refractivity contribution in [1.29, 1.82) is 0 Å². The molecule has 6 heteroatoms. The summed E-state index contributed by atoms with van der Waals surface area (Å²) in [5.41, 5.74) is -0.897. The van der Waals surface area contributed by atoms with Gasteiger partial charge in [0.25, 0.3) is 0 Å². The summed E-state index contributed by atoms with van der Waals surface area (Å²) in [5, 5.41) is 10.6. The minimum atomic E-state index is -0.897. The molecule has 0 aromatic carbocycles. The minimum absolute atomic E-state index is 0.303. The van der Waals surface area contributed by atoms with Crippen LogP contribution in [0.15, 0.2) is 0 Å². The SMILES string of the molecule is O=[N+]([O-])C[C@@]1(CF)CCCC2(C1)OCCO2. The van der Waals surface area contributed by atoms with Gasteiger partial charge in [0, 0.05) is 17.8 Å². The zero-order valence-corrected chi connectivity index (χ0v) is 9.12. The second-order valence-electron chi connectivity index (χ2n) is 4.76. The van der Waals surface area contributed by atoms with Crippen molar-refractivity contribution in [1.82, 2.24) is 0 Å². The first-order chi connectivity index (χ1) is 7.60. The number of alkyl halides is 1. The predicted octanol–water partition coefficient (Wildman–Crippen LogP) is 1.54. The second kappa shape index (κ2) is 4.25. The molecule has 2 aliphatic rings. The van der Waals surface area contributed by atoms with Crippen molar-refractivity contribution in [2.24, 2.45) is 5.41 Å². The third-order valence-corrected chi connectivity index (χ3v) is 3.47. The number of rotatable bonds is 3. The Morgan fingerprint density at radius 2 is 2.00 bits per heavy atom. The third-order valence-electron chi connectivity index (χ3n) is 3.47. The van der Waals surface area contributed by atoms with Gasteiger partial charge in [-0.3, -0.25) is 14.5 Å². The van der Waals surface area contributed by atoms with Crippen LogP contribution in [0.1, 0.15) is 25.7 Å². The number of hydrogen-bond donors (Lipinski definition) is 0. The van der Waals surface area contributed by atoms with Crippen molar-refractivity contribution in [2.75, 3.05) is 26.4 Å². The molecule has 1 spiro atoms. The lowest BCUT2D eigenvalue weighted by molar-refractivity contribution is -0.502. The van der Waals surface area contributed by atoms with E-state index in [0.29, 0.717) is 32.5 Å². The van der Waals surface area contributed by atoms with Crippen LogP contribution in [0.25, 0.3) is 0 Å². The van der Waals surface area contributed by atoms with E-state index in [2.05, 4.69) is 0 Å². The largest absolute Gasteiger partial charge is 0.348 e. The first kappa shape index (κ1) is 11.7. The Morgan fingerprint density at radius 1 is 1.31 bits per heavy atom. The average molecular weight is 233 g/mol. The Hall–Kier alpha value is -0.750. The molecule has 92 valence electrons. The molecule has 1 saturated carbocycles. The van der Waals surface area contributed by atoms with Gasteiger partial charge in [-0.1, -0.05) is 0 Å². The lowest BCUT2D eigenvalue weighted by Gasteiger charge is -2.41.